The fourth-order valence-corrected chi connectivity index (χ4v) is 9.07. The predicted molar refractivity (Wildman–Crippen MR) is 244 cm³/mol. The van der Waals surface area contributed by atoms with Crippen molar-refractivity contribution >= 4 is 45.7 Å². The van der Waals surface area contributed by atoms with Crippen molar-refractivity contribution in [1.82, 2.24) is 50.2 Å². The number of carbonyl (C=O) groups is 4. The van der Waals surface area contributed by atoms with Crippen LogP contribution in [-0.4, -0.2) is 116 Å². The molecule has 0 radical (unpaired) electrons. The van der Waals surface area contributed by atoms with E-state index in [4.69, 9.17) is 9.97 Å². The Hall–Kier alpha value is -5.74. The Morgan fingerprint density at radius 3 is 1.41 bits per heavy atom. The number of nitrogens with one attached hydrogen (secondary N) is 4. The number of amides is 4. The molecule has 2 aliphatic heterocycles. The lowest BCUT2D eigenvalue weighted by molar-refractivity contribution is -0.139. The molecule has 2 fully saturated rings. The standard InChI is InChI=1S/C48H62F2N10O4/c1-27(2)41(55-45(61)29(5)51-7)47(63)57-20-10-14-35(57)25-59-39-18-16-33(49)23-37(39)53-43(59)31-12-9-13-32(22-31)44-54-38-24-34(50)17-19-40(38)60(44)26-36-15-11-21-58(36)48(64)42(28(3)4)56-46(62)30(6)52-8/h9,12-13,16-19,22-24,27-30,35-36,41-42,51-52H,10-11,14-15,20-21,25-26H2,1-8H3,(H,55,61)(H,56,62)/t29-,30-,35+,36+,41-,42-/m1/s1. The third kappa shape index (κ3) is 9.53. The average molecular weight is 881 g/mol. The molecule has 2 saturated heterocycles. The summed E-state index contributed by atoms with van der Waals surface area (Å²) in [5.41, 5.74) is 3.81. The maximum Gasteiger partial charge on any atom is 0.245 e. The van der Waals surface area contributed by atoms with E-state index in [1.165, 1.54) is 24.3 Å². The van der Waals surface area contributed by atoms with Gasteiger partial charge in [0.25, 0.3) is 0 Å². The molecule has 4 N–H and O–H groups in total. The lowest BCUT2D eigenvalue weighted by Crippen LogP contribution is -2.55. The number of halogens is 2. The van der Waals surface area contributed by atoms with E-state index in [0.29, 0.717) is 59.9 Å². The smallest absolute Gasteiger partial charge is 0.245 e. The summed E-state index contributed by atoms with van der Waals surface area (Å²) in [4.78, 5) is 68.0. The van der Waals surface area contributed by atoms with Gasteiger partial charge in [0.1, 0.15) is 35.4 Å². The highest BCUT2D eigenvalue weighted by Crippen LogP contribution is 2.34. The van der Waals surface area contributed by atoms with Crippen molar-refractivity contribution in [1.29, 1.82) is 0 Å². The first kappa shape index (κ1) is 46.3. The highest BCUT2D eigenvalue weighted by Gasteiger charge is 2.38. The Balaban J connectivity index is 1.23. The SMILES string of the molecule is CN[C@H](C)C(=O)N[C@@H](C(=O)N1CCC[C@H]1Cn1c(-c2cccc(-c3nc4cc(F)ccc4n3C[C@@H]3CCCN3C(=O)[C@H](NC(=O)[C@@H](C)NC)C(C)C)c2)nc2cc(F)ccc21)C(C)C. The number of likely N-dealkylation sites (tertiary alicyclic amines) is 2. The van der Waals surface area contributed by atoms with Crippen LogP contribution >= 0.6 is 0 Å². The normalized spacial score (nSPS) is 18.6. The molecule has 0 saturated carbocycles. The molecule has 2 aliphatic rings. The van der Waals surface area contributed by atoms with E-state index >= 15 is 0 Å². The zero-order chi connectivity index (χ0) is 46.0. The number of benzene rings is 3. The fraction of sp³-hybridized carbons (Fsp3) is 0.500. The molecule has 4 heterocycles. The van der Waals surface area contributed by atoms with E-state index in [2.05, 4.69) is 21.3 Å². The molecule has 3 aromatic carbocycles. The van der Waals surface area contributed by atoms with E-state index in [1.807, 2.05) is 70.9 Å². The highest BCUT2D eigenvalue weighted by atomic mass is 19.1. The zero-order valence-electron chi connectivity index (χ0n) is 38.1. The van der Waals surface area contributed by atoms with E-state index in [-0.39, 0.29) is 47.5 Å². The van der Waals surface area contributed by atoms with E-state index in [0.717, 1.165) is 36.8 Å². The molecule has 6 atom stereocenters. The summed E-state index contributed by atoms with van der Waals surface area (Å²) in [6.07, 6.45) is 3.05. The molecule has 14 nitrogen and oxygen atoms in total. The van der Waals surface area contributed by atoms with Crippen molar-refractivity contribution in [2.75, 3.05) is 27.2 Å². The number of carbonyl (C=O) groups excluding carboxylic acids is 4. The number of hydrogen-bond acceptors (Lipinski definition) is 8. The van der Waals surface area contributed by atoms with Gasteiger partial charge in [0, 0.05) is 61.5 Å². The third-order valence-electron chi connectivity index (χ3n) is 13.0. The molecule has 5 aromatic rings. The summed E-state index contributed by atoms with van der Waals surface area (Å²) in [6, 6.07) is 14.0. The fourth-order valence-electron chi connectivity index (χ4n) is 9.07. The molecule has 4 amide bonds. The van der Waals surface area contributed by atoms with Crippen molar-refractivity contribution < 1.29 is 28.0 Å². The monoisotopic (exact) mass is 880 g/mol. The number of imidazole rings is 2. The topological polar surface area (TPSA) is 159 Å². The van der Waals surface area contributed by atoms with Crippen LogP contribution in [0, 0.1) is 23.5 Å². The maximum absolute atomic E-state index is 14.8. The second-order valence-electron chi connectivity index (χ2n) is 18.1. The van der Waals surface area contributed by atoms with E-state index < -0.39 is 35.8 Å². The molecule has 0 bridgehead atoms. The number of likely N-dealkylation sites (N-methyl/N-ethyl adjacent to an activating group) is 2. The lowest BCUT2D eigenvalue weighted by Gasteiger charge is -2.32. The van der Waals surface area contributed by atoms with Gasteiger partial charge in [-0.3, -0.25) is 19.2 Å². The second kappa shape index (κ2) is 19.6. The van der Waals surface area contributed by atoms with Gasteiger partial charge < -0.3 is 40.2 Å². The lowest BCUT2D eigenvalue weighted by atomic mass is 10.0. The predicted octanol–water partition coefficient (Wildman–Crippen LogP) is 5.48. The van der Waals surface area contributed by atoms with Crippen LogP contribution in [0.25, 0.3) is 44.8 Å². The van der Waals surface area contributed by atoms with E-state index in [9.17, 15) is 28.0 Å². The Kier molecular flexibility index (Phi) is 14.1. The molecule has 16 heteroatoms. The van der Waals surface area contributed by atoms with Crippen LogP contribution in [0.1, 0.15) is 67.2 Å². The van der Waals surface area contributed by atoms with Crippen molar-refractivity contribution in [3.8, 4) is 22.8 Å². The molecule has 0 aliphatic carbocycles. The van der Waals surface area contributed by atoms with Crippen LogP contribution in [0.15, 0.2) is 60.7 Å². The van der Waals surface area contributed by atoms with E-state index in [1.54, 1.807) is 40.1 Å². The minimum Gasteiger partial charge on any atom is -0.343 e. The Morgan fingerprint density at radius 2 is 1.03 bits per heavy atom. The Labute approximate surface area is 373 Å². The average Bonchev–Trinajstić information content (AvgIpc) is 4.09. The summed E-state index contributed by atoms with van der Waals surface area (Å²) in [5.74, 6) is -0.751. The van der Waals surface area contributed by atoms with Crippen molar-refractivity contribution in [3.63, 3.8) is 0 Å². The van der Waals surface area contributed by atoms with Crippen LogP contribution < -0.4 is 21.3 Å². The molecular weight excluding hydrogens is 819 g/mol. The van der Waals surface area contributed by atoms with Crippen molar-refractivity contribution in [3.05, 3.63) is 72.3 Å². The molecule has 7 rings (SSSR count). The Bertz CT molecular complexity index is 2350. The van der Waals surface area contributed by atoms with Crippen LogP contribution in [0.4, 0.5) is 8.78 Å². The molecule has 0 unspecified atom stereocenters. The van der Waals surface area contributed by atoms with Gasteiger partial charge in [-0.25, -0.2) is 18.7 Å². The molecule has 0 spiro atoms. The van der Waals surface area contributed by atoms with Gasteiger partial charge in [-0.1, -0.05) is 45.9 Å². The molecule has 342 valence electrons. The first-order valence-corrected chi connectivity index (χ1v) is 22.6. The summed E-state index contributed by atoms with van der Waals surface area (Å²) in [6.45, 7) is 13.0. The minimum absolute atomic E-state index is 0.140. The first-order valence-electron chi connectivity index (χ1n) is 22.6. The molecular formula is C48H62F2N10O4. The van der Waals surface area contributed by atoms with Gasteiger partial charge in [0.05, 0.1) is 34.2 Å². The summed E-state index contributed by atoms with van der Waals surface area (Å²) in [7, 11) is 3.40. The van der Waals surface area contributed by atoms with Gasteiger partial charge in [-0.2, -0.15) is 0 Å². The van der Waals surface area contributed by atoms with Crippen LogP contribution in [0.3, 0.4) is 0 Å². The zero-order valence-corrected chi connectivity index (χ0v) is 38.1. The van der Waals surface area contributed by atoms with Gasteiger partial charge in [0.15, 0.2) is 0 Å². The summed E-state index contributed by atoms with van der Waals surface area (Å²) < 4.78 is 33.6. The van der Waals surface area contributed by atoms with Gasteiger partial charge in [-0.05, 0) is 95.8 Å². The highest BCUT2D eigenvalue weighted by molar-refractivity contribution is 5.91. The summed E-state index contributed by atoms with van der Waals surface area (Å²) in [5, 5.41) is 11.8. The quantitative estimate of drug-likeness (QED) is 0.102. The van der Waals surface area contributed by atoms with Crippen molar-refractivity contribution in [2.24, 2.45) is 11.8 Å². The third-order valence-corrected chi connectivity index (χ3v) is 13.0. The number of hydrogen-bond donors (Lipinski definition) is 4. The van der Waals surface area contributed by atoms with Gasteiger partial charge >= 0.3 is 0 Å². The van der Waals surface area contributed by atoms with Gasteiger partial charge in [0.2, 0.25) is 23.6 Å². The Morgan fingerprint density at radius 1 is 0.625 bits per heavy atom. The second-order valence-corrected chi connectivity index (χ2v) is 18.1. The number of nitrogens with zero attached hydrogens (tertiary/aromatic N) is 6. The largest absolute Gasteiger partial charge is 0.343 e. The number of rotatable bonds is 16. The number of fused-ring (bicyclic) bond motifs is 2. The molecule has 64 heavy (non-hydrogen) atoms. The van der Waals surface area contributed by atoms with Crippen molar-refractivity contribution in [2.45, 2.75) is 117 Å². The van der Waals surface area contributed by atoms with Crippen LogP contribution in [0.5, 0.6) is 0 Å². The summed E-state index contributed by atoms with van der Waals surface area (Å²) >= 11 is 0. The minimum atomic E-state index is -0.708. The first-order chi connectivity index (χ1) is 30.6. The van der Waals surface area contributed by atoms with Crippen LogP contribution in [-0.2, 0) is 32.3 Å². The van der Waals surface area contributed by atoms with Crippen LogP contribution in [0.2, 0.25) is 0 Å². The van der Waals surface area contributed by atoms with Gasteiger partial charge in [-0.15, -0.1) is 0 Å². The maximum atomic E-state index is 14.8. The molecule has 2 aromatic heterocycles. The number of aromatic nitrogens is 4.